The second-order valence-corrected chi connectivity index (χ2v) is 4.51. The van der Waals surface area contributed by atoms with Crippen molar-refractivity contribution in [1.29, 1.82) is 0 Å². The molecule has 3 N–H and O–H groups in total. The lowest BCUT2D eigenvalue weighted by molar-refractivity contribution is -0.117. The summed E-state index contributed by atoms with van der Waals surface area (Å²) in [4.78, 5) is 0. The maximum atomic E-state index is 9.57. The minimum atomic E-state index is -0.599. The van der Waals surface area contributed by atoms with Crippen molar-refractivity contribution in [2.75, 3.05) is 13.7 Å². The first kappa shape index (κ1) is 17.4. The normalized spacial score (nSPS) is 14.9. The fraction of sp³-hybridized carbons (Fsp3) is 0.846. The highest BCUT2D eigenvalue weighted by Crippen LogP contribution is 2.03. The lowest BCUT2D eigenvalue weighted by Crippen LogP contribution is -2.48. The maximum absolute atomic E-state index is 9.57. The molecule has 0 aliphatic carbocycles. The molecule has 108 valence electrons. The third kappa shape index (κ3) is 9.41. The molecule has 0 aliphatic rings. The topological polar surface area (TPSA) is 65.0 Å². The molecule has 5 heteroatoms. The van der Waals surface area contributed by atoms with Gasteiger partial charge in [0.1, 0.15) is 0 Å². The van der Waals surface area contributed by atoms with Gasteiger partial charge in [0.2, 0.25) is 0 Å². The van der Waals surface area contributed by atoms with Gasteiger partial charge in [-0.1, -0.05) is 32.3 Å². The monoisotopic (exact) mass is 260 g/mol. The van der Waals surface area contributed by atoms with Crippen LogP contribution in [0, 0.1) is 0 Å². The smallest absolute Gasteiger partial charge is 0.0776 e. The van der Waals surface area contributed by atoms with E-state index in [1.165, 1.54) is 19.3 Å². The third-order valence-electron chi connectivity index (χ3n) is 2.70. The molecule has 0 spiro atoms. The highest BCUT2D eigenvalue weighted by atomic mass is 16.5. The van der Waals surface area contributed by atoms with Gasteiger partial charge in [0.25, 0.3) is 0 Å². The highest BCUT2D eigenvalue weighted by molar-refractivity contribution is 4.79. The van der Waals surface area contributed by atoms with Gasteiger partial charge in [0.15, 0.2) is 0 Å². The molecule has 0 rings (SSSR count). The van der Waals surface area contributed by atoms with E-state index in [9.17, 15) is 10.3 Å². The van der Waals surface area contributed by atoms with Crippen LogP contribution in [0.15, 0.2) is 12.3 Å². The first-order valence-corrected chi connectivity index (χ1v) is 6.69. The van der Waals surface area contributed by atoms with Crippen LogP contribution in [0.5, 0.6) is 0 Å². The van der Waals surface area contributed by atoms with Gasteiger partial charge >= 0.3 is 0 Å². The second-order valence-electron chi connectivity index (χ2n) is 4.51. The molecule has 0 fully saturated rings. The van der Waals surface area contributed by atoms with Crippen molar-refractivity contribution in [3.8, 4) is 0 Å². The van der Waals surface area contributed by atoms with Gasteiger partial charge in [-0.05, 0) is 19.8 Å². The Labute approximate surface area is 110 Å². The molecule has 0 heterocycles. The predicted octanol–water partition coefficient (Wildman–Crippen LogP) is 2.06. The van der Waals surface area contributed by atoms with Crippen molar-refractivity contribution in [2.24, 2.45) is 0 Å². The van der Waals surface area contributed by atoms with Gasteiger partial charge in [-0.15, -0.1) is 0 Å². The van der Waals surface area contributed by atoms with Crippen molar-refractivity contribution in [3.63, 3.8) is 0 Å². The van der Waals surface area contributed by atoms with Crippen LogP contribution in [0.2, 0.25) is 0 Å². The number of unbranched alkanes of at least 4 members (excludes halogenated alkanes) is 4. The Morgan fingerprint density at radius 2 is 2.06 bits per heavy atom. The second kappa shape index (κ2) is 11.5. The molecule has 0 aliphatic heterocycles. The SMILES string of the molecule is CCCCCCC=CN(O)N[C@@H](COC)[C@H](C)O. The molecule has 0 radical (unpaired) electrons. The summed E-state index contributed by atoms with van der Waals surface area (Å²) >= 11 is 0. The first-order chi connectivity index (χ1) is 8.61. The Morgan fingerprint density at radius 1 is 1.33 bits per heavy atom. The third-order valence-corrected chi connectivity index (χ3v) is 2.70. The minimum absolute atomic E-state index is 0.329. The molecule has 0 saturated carbocycles. The molecule has 2 atom stereocenters. The average molecular weight is 260 g/mol. The fourth-order valence-corrected chi connectivity index (χ4v) is 1.54. The zero-order valence-corrected chi connectivity index (χ0v) is 11.8. The Balaban J connectivity index is 3.78. The van der Waals surface area contributed by atoms with Gasteiger partial charge in [-0.25, -0.2) is 5.43 Å². The van der Waals surface area contributed by atoms with Crippen LogP contribution in [-0.4, -0.2) is 41.3 Å². The molecule has 0 amide bonds. The van der Waals surface area contributed by atoms with Crippen molar-refractivity contribution < 1.29 is 15.1 Å². The van der Waals surface area contributed by atoms with Crippen molar-refractivity contribution in [3.05, 3.63) is 12.3 Å². The van der Waals surface area contributed by atoms with E-state index in [-0.39, 0.29) is 6.04 Å². The zero-order valence-electron chi connectivity index (χ0n) is 11.8. The van der Waals surface area contributed by atoms with E-state index in [1.807, 2.05) is 6.08 Å². The number of methoxy groups -OCH3 is 1. The van der Waals surface area contributed by atoms with Crippen molar-refractivity contribution in [2.45, 2.75) is 58.1 Å². The molecule has 18 heavy (non-hydrogen) atoms. The average Bonchev–Trinajstić information content (AvgIpc) is 2.33. The van der Waals surface area contributed by atoms with E-state index >= 15 is 0 Å². The van der Waals surface area contributed by atoms with Crippen molar-refractivity contribution >= 4 is 0 Å². The van der Waals surface area contributed by atoms with Crippen LogP contribution in [0.4, 0.5) is 0 Å². The molecule has 0 saturated heterocycles. The molecule has 0 bridgehead atoms. The number of aliphatic hydroxyl groups is 1. The summed E-state index contributed by atoms with van der Waals surface area (Å²) in [6.45, 7) is 4.17. The quantitative estimate of drug-likeness (QED) is 0.392. The molecule has 5 nitrogen and oxygen atoms in total. The van der Waals surface area contributed by atoms with Crippen LogP contribution >= 0.6 is 0 Å². The largest absolute Gasteiger partial charge is 0.392 e. The van der Waals surface area contributed by atoms with Crippen LogP contribution in [-0.2, 0) is 4.74 Å². The highest BCUT2D eigenvalue weighted by Gasteiger charge is 2.15. The Kier molecular flexibility index (Phi) is 11.1. The van der Waals surface area contributed by atoms with E-state index in [0.29, 0.717) is 6.61 Å². The minimum Gasteiger partial charge on any atom is -0.392 e. The van der Waals surface area contributed by atoms with Crippen LogP contribution in [0.1, 0.15) is 46.0 Å². The number of aliphatic hydroxyl groups excluding tert-OH is 1. The number of hydroxylamine groups is 1. The maximum Gasteiger partial charge on any atom is 0.0776 e. The van der Waals surface area contributed by atoms with E-state index in [0.717, 1.165) is 18.0 Å². The van der Waals surface area contributed by atoms with E-state index in [4.69, 9.17) is 4.74 Å². The Bertz CT molecular complexity index is 210. The van der Waals surface area contributed by atoms with Gasteiger partial charge < -0.3 is 9.84 Å². The van der Waals surface area contributed by atoms with Crippen molar-refractivity contribution in [1.82, 2.24) is 10.6 Å². The molecule has 0 unspecified atom stereocenters. The fourth-order valence-electron chi connectivity index (χ4n) is 1.54. The van der Waals surface area contributed by atoms with E-state index in [1.54, 1.807) is 20.2 Å². The summed E-state index contributed by atoms with van der Waals surface area (Å²) in [7, 11) is 1.56. The summed E-state index contributed by atoms with van der Waals surface area (Å²) in [6.07, 6.45) is 8.67. The summed E-state index contributed by atoms with van der Waals surface area (Å²) < 4.78 is 4.95. The number of allylic oxidation sites excluding steroid dienone is 1. The van der Waals surface area contributed by atoms with E-state index in [2.05, 4.69) is 12.3 Å². The summed E-state index contributed by atoms with van der Waals surface area (Å²) in [6, 6.07) is -0.329. The molecule has 0 aromatic heterocycles. The number of nitrogens with zero attached hydrogens (tertiary/aromatic N) is 1. The van der Waals surface area contributed by atoms with Gasteiger partial charge in [-0.3, -0.25) is 5.21 Å². The summed E-state index contributed by atoms with van der Waals surface area (Å²) in [5, 5.41) is 19.9. The number of ether oxygens (including phenoxy) is 1. The predicted molar refractivity (Wildman–Crippen MR) is 72.0 cm³/mol. The molecule has 0 aromatic carbocycles. The first-order valence-electron chi connectivity index (χ1n) is 6.69. The standard InChI is InChI=1S/C13H28N2O3/c1-4-5-6-7-8-9-10-15(17)14-13(11-18-3)12(2)16/h9-10,12-14,16-17H,4-8,11H2,1-3H3/t12-,13-/m0/s1. The van der Waals surface area contributed by atoms with Gasteiger partial charge in [0, 0.05) is 13.3 Å². The molecular weight excluding hydrogens is 232 g/mol. The lowest BCUT2D eigenvalue weighted by Gasteiger charge is -2.24. The number of hydrogen-bond donors (Lipinski definition) is 3. The lowest BCUT2D eigenvalue weighted by atomic mass is 10.1. The van der Waals surface area contributed by atoms with Crippen LogP contribution < -0.4 is 5.43 Å². The summed E-state index contributed by atoms with van der Waals surface area (Å²) in [5.41, 5.74) is 2.75. The van der Waals surface area contributed by atoms with Crippen LogP contribution in [0.3, 0.4) is 0 Å². The zero-order chi connectivity index (χ0) is 13.8. The molecule has 0 aromatic rings. The van der Waals surface area contributed by atoms with Gasteiger partial charge in [0.05, 0.1) is 18.8 Å². The number of hydrogen-bond acceptors (Lipinski definition) is 5. The summed E-state index contributed by atoms with van der Waals surface area (Å²) in [5.74, 6) is 0. The number of nitrogens with one attached hydrogen (secondary N) is 1. The van der Waals surface area contributed by atoms with Crippen LogP contribution in [0.25, 0.3) is 0 Å². The van der Waals surface area contributed by atoms with Gasteiger partial charge in [-0.2, -0.15) is 5.17 Å². The molecular formula is C13H28N2O3. The van der Waals surface area contributed by atoms with E-state index < -0.39 is 6.10 Å². The number of rotatable bonds is 11. The Morgan fingerprint density at radius 3 is 2.61 bits per heavy atom. The number of hydrazine groups is 1. The Hall–Kier alpha value is -0.620.